The van der Waals surface area contributed by atoms with Gasteiger partial charge in [0, 0.05) is 18.5 Å². The van der Waals surface area contributed by atoms with E-state index < -0.39 is 11.4 Å². The Hall–Kier alpha value is -2.30. The molecule has 2 aromatic rings. The van der Waals surface area contributed by atoms with E-state index in [1.165, 1.54) is 0 Å². The van der Waals surface area contributed by atoms with Crippen LogP contribution < -0.4 is 0 Å². The molecule has 122 valence electrons. The third-order valence-corrected chi connectivity index (χ3v) is 5.07. The molecule has 0 saturated carbocycles. The van der Waals surface area contributed by atoms with Crippen molar-refractivity contribution in [3.8, 4) is 0 Å². The zero-order chi connectivity index (χ0) is 16.8. The molecule has 1 unspecified atom stereocenters. The number of fused-ring (bicyclic) bond motifs is 1. The lowest BCUT2D eigenvalue weighted by molar-refractivity contribution is -0.150. The van der Waals surface area contributed by atoms with E-state index >= 15 is 0 Å². The highest BCUT2D eigenvalue weighted by Gasteiger charge is 2.48. The Labute approximate surface area is 134 Å². The summed E-state index contributed by atoms with van der Waals surface area (Å²) < 4.78 is 5.72. The van der Waals surface area contributed by atoms with Crippen molar-refractivity contribution in [1.29, 1.82) is 0 Å². The average Bonchev–Trinajstić information content (AvgIpc) is 3.12. The molecule has 3 rings (SSSR count). The van der Waals surface area contributed by atoms with E-state index in [1.54, 1.807) is 11.0 Å². The van der Waals surface area contributed by atoms with Crippen LogP contribution in [0.15, 0.2) is 28.7 Å². The second kappa shape index (κ2) is 5.41. The Morgan fingerprint density at radius 3 is 2.65 bits per heavy atom. The van der Waals surface area contributed by atoms with E-state index in [0.717, 1.165) is 10.9 Å². The molecular weight excluding hydrogens is 294 g/mol. The van der Waals surface area contributed by atoms with Gasteiger partial charge in [-0.1, -0.05) is 32.0 Å². The lowest BCUT2D eigenvalue weighted by Crippen LogP contribution is -2.40. The summed E-state index contributed by atoms with van der Waals surface area (Å²) in [5.41, 5.74) is 0.825. The van der Waals surface area contributed by atoms with Crippen LogP contribution in [0.1, 0.15) is 36.4 Å². The summed E-state index contributed by atoms with van der Waals surface area (Å²) in [4.78, 5) is 26.0. The van der Waals surface area contributed by atoms with Gasteiger partial charge in [0.1, 0.15) is 5.58 Å². The zero-order valence-electron chi connectivity index (χ0n) is 13.6. The van der Waals surface area contributed by atoms with Crippen LogP contribution in [0.2, 0.25) is 0 Å². The van der Waals surface area contributed by atoms with Crippen LogP contribution in [0.25, 0.3) is 11.0 Å². The van der Waals surface area contributed by atoms with Gasteiger partial charge in [-0.25, -0.2) is 0 Å². The SMILES string of the molecule is Cc1cccc2cc(C(=O)N3CCC(C(=O)O)(C(C)C)C3)oc12. The molecule has 0 bridgehead atoms. The molecule has 0 spiro atoms. The predicted molar refractivity (Wildman–Crippen MR) is 86.4 cm³/mol. The normalized spacial score (nSPS) is 21.3. The van der Waals surface area contributed by atoms with Gasteiger partial charge in [-0.3, -0.25) is 9.59 Å². The minimum atomic E-state index is -0.863. The molecule has 0 aliphatic carbocycles. The van der Waals surface area contributed by atoms with E-state index in [9.17, 15) is 14.7 Å². The van der Waals surface area contributed by atoms with Crippen molar-refractivity contribution in [1.82, 2.24) is 4.90 Å². The molecule has 1 atom stereocenters. The van der Waals surface area contributed by atoms with Crippen LogP contribution >= 0.6 is 0 Å². The van der Waals surface area contributed by atoms with E-state index in [-0.39, 0.29) is 24.1 Å². The number of amides is 1. The number of benzene rings is 1. The van der Waals surface area contributed by atoms with Crippen LogP contribution in [0, 0.1) is 18.3 Å². The molecule has 5 nitrogen and oxygen atoms in total. The lowest BCUT2D eigenvalue weighted by atomic mass is 9.76. The summed E-state index contributed by atoms with van der Waals surface area (Å²) in [7, 11) is 0. The number of carbonyl (C=O) groups excluding carboxylic acids is 1. The number of rotatable bonds is 3. The molecule has 1 aromatic heterocycles. The average molecular weight is 315 g/mol. The number of aliphatic carboxylic acids is 1. The molecule has 0 radical (unpaired) electrons. The maximum atomic E-state index is 12.7. The smallest absolute Gasteiger partial charge is 0.311 e. The Bertz CT molecular complexity index is 776. The number of aryl methyl sites for hydroxylation is 1. The van der Waals surface area contributed by atoms with Gasteiger partial charge in [-0.15, -0.1) is 0 Å². The number of likely N-dealkylation sites (tertiary alicyclic amines) is 1. The molecule has 23 heavy (non-hydrogen) atoms. The lowest BCUT2D eigenvalue weighted by Gasteiger charge is -2.28. The quantitative estimate of drug-likeness (QED) is 0.943. The van der Waals surface area contributed by atoms with Crippen LogP contribution in [-0.2, 0) is 4.79 Å². The van der Waals surface area contributed by atoms with Crippen molar-refractivity contribution in [2.24, 2.45) is 11.3 Å². The summed E-state index contributed by atoms with van der Waals surface area (Å²) >= 11 is 0. The minimum Gasteiger partial charge on any atom is -0.481 e. The first-order valence-electron chi connectivity index (χ1n) is 7.87. The first-order chi connectivity index (χ1) is 10.8. The standard InChI is InChI=1S/C18H21NO4/c1-11(2)18(17(21)22)7-8-19(10-18)16(20)14-9-13-6-4-5-12(3)15(13)23-14/h4-6,9,11H,7-8,10H2,1-3H3,(H,21,22). The van der Waals surface area contributed by atoms with Crippen molar-refractivity contribution in [2.75, 3.05) is 13.1 Å². The third-order valence-electron chi connectivity index (χ3n) is 5.07. The topological polar surface area (TPSA) is 70.8 Å². The predicted octanol–water partition coefficient (Wildman–Crippen LogP) is 3.31. The Balaban J connectivity index is 1.89. The van der Waals surface area contributed by atoms with Gasteiger partial charge < -0.3 is 14.4 Å². The summed E-state index contributed by atoms with van der Waals surface area (Å²) in [6.45, 7) is 6.40. The van der Waals surface area contributed by atoms with E-state index in [2.05, 4.69) is 0 Å². The fourth-order valence-corrected chi connectivity index (χ4v) is 3.37. The van der Waals surface area contributed by atoms with Crippen molar-refractivity contribution < 1.29 is 19.1 Å². The molecule has 1 fully saturated rings. The van der Waals surface area contributed by atoms with Gasteiger partial charge >= 0.3 is 5.97 Å². The molecule has 1 saturated heterocycles. The van der Waals surface area contributed by atoms with Crippen molar-refractivity contribution in [2.45, 2.75) is 27.2 Å². The van der Waals surface area contributed by atoms with Crippen molar-refractivity contribution in [3.63, 3.8) is 0 Å². The number of carbonyl (C=O) groups is 2. The van der Waals surface area contributed by atoms with Crippen LogP contribution in [0.4, 0.5) is 0 Å². The van der Waals surface area contributed by atoms with Crippen LogP contribution in [0.5, 0.6) is 0 Å². The zero-order valence-corrected chi connectivity index (χ0v) is 13.6. The summed E-state index contributed by atoms with van der Waals surface area (Å²) in [6, 6.07) is 7.50. The number of carboxylic acid groups (broad SMARTS) is 1. The second-order valence-corrected chi connectivity index (χ2v) is 6.70. The maximum Gasteiger partial charge on any atom is 0.311 e. The molecule has 1 aromatic carbocycles. The first kappa shape index (κ1) is 15.6. The summed E-state index contributed by atoms with van der Waals surface area (Å²) in [5.74, 6) is -0.817. The van der Waals surface area contributed by atoms with Crippen molar-refractivity contribution >= 4 is 22.8 Å². The Morgan fingerprint density at radius 2 is 2.09 bits per heavy atom. The van der Waals surface area contributed by atoms with E-state index in [4.69, 9.17) is 4.42 Å². The monoisotopic (exact) mass is 315 g/mol. The fraction of sp³-hybridized carbons (Fsp3) is 0.444. The van der Waals surface area contributed by atoms with Gasteiger partial charge in [0.25, 0.3) is 5.91 Å². The molecular formula is C18H21NO4. The van der Waals surface area contributed by atoms with E-state index in [1.807, 2.05) is 39.0 Å². The largest absolute Gasteiger partial charge is 0.481 e. The molecule has 1 aliphatic rings. The van der Waals surface area contributed by atoms with Gasteiger partial charge in [0.15, 0.2) is 5.76 Å². The van der Waals surface area contributed by atoms with Gasteiger partial charge in [0.05, 0.1) is 5.41 Å². The van der Waals surface area contributed by atoms with Crippen LogP contribution in [-0.4, -0.2) is 35.0 Å². The first-order valence-corrected chi connectivity index (χ1v) is 7.87. The van der Waals surface area contributed by atoms with Gasteiger partial charge in [0.2, 0.25) is 0 Å². The van der Waals surface area contributed by atoms with Crippen LogP contribution in [0.3, 0.4) is 0 Å². The number of hydrogen-bond acceptors (Lipinski definition) is 3. The molecule has 5 heteroatoms. The molecule has 1 N–H and O–H groups in total. The number of furan rings is 1. The van der Waals surface area contributed by atoms with E-state index in [0.29, 0.717) is 18.5 Å². The van der Waals surface area contributed by atoms with Gasteiger partial charge in [-0.05, 0) is 30.9 Å². The maximum absolute atomic E-state index is 12.7. The van der Waals surface area contributed by atoms with Gasteiger partial charge in [-0.2, -0.15) is 0 Å². The highest BCUT2D eigenvalue weighted by atomic mass is 16.4. The summed E-state index contributed by atoms with van der Waals surface area (Å²) in [5, 5.41) is 10.5. The minimum absolute atomic E-state index is 0.0317. The molecule has 1 amide bonds. The van der Waals surface area contributed by atoms with Crippen molar-refractivity contribution in [3.05, 3.63) is 35.6 Å². The fourth-order valence-electron chi connectivity index (χ4n) is 3.37. The summed E-state index contributed by atoms with van der Waals surface area (Å²) in [6.07, 6.45) is 0.477. The highest BCUT2D eigenvalue weighted by molar-refractivity contribution is 5.97. The number of nitrogens with zero attached hydrogens (tertiary/aromatic N) is 1. The Kier molecular flexibility index (Phi) is 3.66. The molecule has 1 aliphatic heterocycles. The Morgan fingerprint density at radius 1 is 1.35 bits per heavy atom. The number of para-hydroxylation sites is 1. The third kappa shape index (κ3) is 2.40. The highest BCUT2D eigenvalue weighted by Crippen LogP contribution is 2.39. The second-order valence-electron chi connectivity index (χ2n) is 6.70. The number of hydrogen-bond donors (Lipinski definition) is 1. The number of carboxylic acids is 1. The molecule has 2 heterocycles.